The molecule has 1 fully saturated rings. The number of benzene rings is 1. The standard InChI is InChI=1S/C22H24N2O9/c1-12(25)30-11-17-18(31-13(2)26)19(32-14(3)27)21(33-17)24-10-16(20(28)23-22(24)29)9-15-7-5-4-6-8-15/h4-8,10,17-19,21H,9,11H2,1-3H3,(H,23,28,29)/t17-,18+,19-,21?/m1/s1/i1D,2D,3D. The van der Waals surface area contributed by atoms with E-state index in [4.69, 9.17) is 23.1 Å². The Bertz CT molecular complexity index is 1200. The van der Waals surface area contributed by atoms with Crippen molar-refractivity contribution in [3.63, 3.8) is 0 Å². The molecule has 0 bridgehead atoms. The van der Waals surface area contributed by atoms with Gasteiger partial charge in [-0.2, -0.15) is 0 Å². The minimum atomic E-state index is -1.48. The minimum Gasteiger partial charge on any atom is -0.463 e. The Hall–Kier alpha value is -3.73. The molecular weight excluding hydrogens is 436 g/mol. The lowest BCUT2D eigenvalue weighted by atomic mass is 10.1. The first-order valence-electron chi connectivity index (χ1n) is 11.9. The number of nitrogens with zero attached hydrogens (tertiary/aromatic N) is 1. The number of rotatable bonds is 7. The van der Waals surface area contributed by atoms with Crippen molar-refractivity contribution in [1.82, 2.24) is 9.55 Å². The van der Waals surface area contributed by atoms with Crippen LogP contribution in [0.1, 0.15) is 42.2 Å². The average Bonchev–Trinajstić information content (AvgIpc) is 3.20. The van der Waals surface area contributed by atoms with Gasteiger partial charge in [-0.1, -0.05) is 30.3 Å². The molecule has 2 aromatic rings. The fourth-order valence-corrected chi connectivity index (χ4v) is 3.47. The number of esters is 3. The van der Waals surface area contributed by atoms with Crippen molar-refractivity contribution in [2.24, 2.45) is 0 Å². The van der Waals surface area contributed by atoms with Gasteiger partial charge in [-0.25, -0.2) is 4.79 Å². The van der Waals surface area contributed by atoms with E-state index in [0.717, 1.165) is 10.1 Å². The molecule has 0 saturated carbocycles. The number of hydrogen-bond donors (Lipinski definition) is 1. The molecule has 1 unspecified atom stereocenters. The van der Waals surface area contributed by atoms with Crippen LogP contribution in [0.2, 0.25) is 0 Å². The summed E-state index contributed by atoms with van der Waals surface area (Å²) in [7, 11) is 0. The molecule has 11 nitrogen and oxygen atoms in total. The summed E-state index contributed by atoms with van der Waals surface area (Å²) in [6.45, 7) is -2.78. The molecule has 11 heteroatoms. The molecule has 1 N–H and O–H groups in total. The first kappa shape index (κ1) is 19.9. The van der Waals surface area contributed by atoms with Gasteiger partial charge in [0, 0.05) is 43.0 Å². The van der Waals surface area contributed by atoms with E-state index in [-0.39, 0.29) is 12.0 Å². The zero-order valence-corrected chi connectivity index (χ0v) is 17.4. The second-order valence-corrected chi connectivity index (χ2v) is 7.14. The summed E-state index contributed by atoms with van der Waals surface area (Å²) >= 11 is 0. The highest BCUT2D eigenvalue weighted by molar-refractivity contribution is 5.68. The Balaban J connectivity index is 2.02. The number of carbonyl (C=O) groups is 3. The second-order valence-electron chi connectivity index (χ2n) is 7.14. The maximum Gasteiger partial charge on any atom is 0.330 e. The van der Waals surface area contributed by atoms with Crippen LogP contribution >= 0.6 is 0 Å². The predicted molar refractivity (Wildman–Crippen MR) is 112 cm³/mol. The summed E-state index contributed by atoms with van der Waals surface area (Å²) in [5, 5.41) is 0. The number of aromatic amines is 1. The largest absolute Gasteiger partial charge is 0.463 e. The molecule has 0 amide bonds. The van der Waals surface area contributed by atoms with E-state index in [2.05, 4.69) is 4.98 Å². The van der Waals surface area contributed by atoms with Crippen LogP contribution in [0.25, 0.3) is 0 Å². The number of aromatic nitrogens is 2. The lowest BCUT2D eigenvalue weighted by Crippen LogP contribution is -2.42. The highest BCUT2D eigenvalue weighted by Gasteiger charge is 2.51. The fraction of sp³-hybridized carbons (Fsp3) is 0.409. The Kier molecular flexibility index (Phi) is 6.19. The van der Waals surface area contributed by atoms with Gasteiger partial charge in [-0.3, -0.25) is 28.7 Å². The van der Waals surface area contributed by atoms with Crippen LogP contribution < -0.4 is 11.2 Å². The summed E-state index contributed by atoms with van der Waals surface area (Å²) in [6.07, 6.45) is -4.21. The normalized spacial score (nSPS) is 23.1. The quantitative estimate of drug-likeness (QED) is 0.457. The smallest absolute Gasteiger partial charge is 0.330 e. The van der Waals surface area contributed by atoms with Gasteiger partial charge in [0.15, 0.2) is 18.4 Å². The number of nitrogens with one attached hydrogen (secondary N) is 1. The highest BCUT2D eigenvalue weighted by atomic mass is 16.7. The molecule has 2 heterocycles. The Morgan fingerprint density at radius 2 is 1.70 bits per heavy atom. The summed E-state index contributed by atoms with van der Waals surface area (Å²) in [6, 6.07) is 8.94. The van der Waals surface area contributed by atoms with Gasteiger partial charge in [0.25, 0.3) is 5.56 Å². The fourth-order valence-electron chi connectivity index (χ4n) is 3.47. The van der Waals surface area contributed by atoms with Crippen molar-refractivity contribution in [1.29, 1.82) is 0 Å². The number of ether oxygens (including phenoxy) is 4. The molecule has 0 aliphatic carbocycles. The zero-order chi connectivity index (χ0) is 26.2. The van der Waals surface area contributed by atoms with E-state index in [1.54, 1.807) is 30.3 Å². The third-order valence-electron chi connectivity index (χ3n) is 4.78. The molecule has 33 heavy (non-hydrogen) atoms. The van der Waals surface area contributed by atoms with Crippen LogP contribution in [0.3, 0.4) is 0 Å². The van der Waals surface area contributed by atoms with Crippen molar-refractivity contribution in [3.8, 4) is 0 Å². The van der Waals surface area contributed by atoms with Crippen molar-refractivity contribution >= 4 is 17.9 Å². The first-order chi connectivity index (χ1) is 17.3. The van der Waals surface area contributed by atoms with E-state index >= 15 is 0 Å². The molecular formula is C22H24N2O9. The van der Waals surface area contributed by atoms with E-state index in [0.29, 0.717) is 0 Å². The Morgan fingerprint density at radius 3 is 2.36 bits per heavy atom. The Labute approximate surface area is 192 Å². The van der Waals surface area contributed by atoms with Crippen molar-refractivity contribution in [3.05, 3.63) is 68.5 Å². The summed E-state index contributed by atoms with van der Waals surface area (Å²) in [5.74, 6) is -2.93. The summed E-state index contributed by atoms with van der Waals surface area (Å²) in [5.41, 5.74) is -0.599. The number of hydrogen-bond acceptors (Lipinski definition) is 9. The lowest BCUT2D eigenvalue weighted by molar-refractivity contribution is -0.166. The predicted octanol–water partition coefficient (Wildman–Crippen LogP) is 0.451. The van der Waals surface area contributed by atoms with Gasteiger partial charge >= 0.3 is 23.6 Å². The van der Waals surface area contributed by atoms with E-state index in [1.165, 1.54) is 6.20 Å². The monoisotopic (exact) mass is 463 g/mol. The van der Waals surface area contributed by atoms with Gasteiger partial charge in [-0.15, -0.1) is 0 Å². The topological polar surface area (TPSA) is 143 Å². The van der Waals surface area contributed by atoms with Crippen LogP contribution in [-0.2, 0) is 39.8 Å². The van der Waals surface area contributed by atoms with Crippen LogP contribution in [0, 0.1) is 0 Å². The molecule has 1 aliphatic rings. The molecule has 3 rings (SSSR count). The van der Waals surface area contributed by atoms with Crippen molar-refractivity contribution in [2.75, 3.05) is 6.61 Å². The maximum absolute atomic E-state index is 12.7. The van der Waals surface area contributed by atoms with Gasteiger partial charge in [0.2, 0.25) is 0 Å². The molecule has 176 valence electrons. The van der Waals surface area contributed by atoms with Gasteiger partial charge < -0.3 is 18.9 Å². The van der Waals surface area contributed by atoms with Gasteiger partial charge in [0.05, 0.1) is 0 Å². The lowest BCUT2D eigenvalue weighted by Gasteiger charge is -2.24. The van der Waals surface area contributed by atoms with Crippen molar-refractivity contribution in [2.45, 2.75) is 51.7 Å². The SMILES string of the molecule is [2H]CC(=O)OC[C@H]1OC(n2cc(Cc3ccccc3)c(=O)[nH]c2=O)[C@H](OC(=O)C[2H])[C@H]1OC(=O)C[2H]. The van der Waals surface area contributed by atoms with Crippen LogP contribution in [-0.4, -0.2) is 52.4 Å². The second kappa shape index (κ2) is 10.3. The maximum atomic E-state index is 12.7. The van der Waals surface area contributed by atoms with Gasteiger partial charge in [0.1, 0.15) is 12.7 Å². The highest BCUT2D eigenvalue weighted by Crippen LogP contribution is 2.33. The van der Waals surface area contributed by atoms with Crippen LogP contribution in [0.5, 0.6) is 0 Å². The average molecular weight is 463 g/mol. The van der Waals surface area contributed by atoms with E-state index < -0.39 is 81.0 Å². The molecule has 1 saturated heterocycles. The van der Waals surface area contributed by atoms with Crippen molar-refractivity contribution < 1.29 is 37.4 Å². The number of H-pyrrole nitrogens is 1. The first-order valence-corrected chi connectivity index (χ1v) is 9.73. The molecule has 0 radical (unpaired) electrons. The molecule has 1 aromatic heterocycles. The zero-order valence-electron chi connectivity index (χ0n) is 20.4. The van der Waals surface area contributed by atoms with E-state index in [9.17, 15) is 24.0 Å². The third kappa shape index (κ3) is 5.95. The molecule has 0 spiro atoms. The van der Waals surface area contributed by atoms with Crippen LogP contribution in [0.4, 0.5) is 0 Å². The molecule has 1 aromatic carbocycles. The van der Waals surface area contributed by atoms with E-state index in [1.807, 2.05) is 0 Å². The third-order valence-corrected chi connectivity index (χ3v) is 4.78. The van der Waals surface area contributed by atoms with Crippen LogP contribution in [0.15, 0.2) is 46.1 Å². The molecule has 1 aliphatic heterocycles. The minimum absolute atomic E-state index is 0.155. The summed E-state index contributed by atoms with van der Waals surface area (Å²) < 4.78 is 43.8. The molecule has 4 atom stereocenters. The van der Waals surface area contributed by atoms with Gasteiger partial charge in [-0.05, 0) is 5.56 Å². The Morgan fingerprint density at radius 1 is 1.03 bits per heavy atom. The summed E-state index contributed by atoms with van der Waals surface area (Å²) in [4.78, 5) is 62.8. The number of carbonyl (C=O) groups excluding carboxylic acids is 3.